The largest absolute Gasteiger partial charge is 0.340 e. The van der Waals surface area contributed by atoms with Gasteiger partial charge in [-0.2, -0.15) is 0 Å². The van der Waals surface area contributed by atoms with Gasteiger partial charge >= 0.3 is 0 Å². The standard InChI is InChI=1S/C21H27N5O2/c1-14-5-4-8-23-19(14)13-26(3)21(28)17-9-16(10-22-11-17)20(27)25-18-7-6-15(2)24-12-18/h4-8,12,16-17,22H,9-11,13H2,1-3H3,(H,25,27)/t16-,17+/m0/s1. The van der Waals surface area contributed by atoms with Crippen molar-refractivity contribution in [2.75, 3.05) is 25.5 Å². The van der Waals surface area contributed by atoms with E-state index < -0.39 is 0 Å². The number of aromatic nitrogens is 2. The average Bonchev–Trinajstić information content (AvgIpc) is 2.71. The Morgan fingerprint density at radius 2 is 1.96 bits per heavy atom. The van der Waals surface area contributed by atoms with Crippen LogP contribution in [0.5, 0.6) is 0 Å². The number of carbonyl (C=O) groups excluding carboxylic acids is 2. The van der Waals surface area contributed by atoms with E-state index in [4.69, 9.17) is 0 Å². The fourth-order valence-corrected chi connectivity index (χ4v) is 3.41. The SMILES string of the molecule is Cc1ccc(NC(=O)[C@@H]2CNC[C@H](C(=O)N(C)Cc3ncccc3C)C2)cn1. The molecule has 0 radical (unpaired) electrons. The monoisotopic (exact) mass is 381 g/mol. The van der Waals surface area contributed by atoms with E-state index in [0.717, 1.165) is 17.0 Å². The molecule has 7 nitrogen and oxygen atoms in total. The second-order valence-electron chi connectivity index (χ2n) is 7.43. The summed E-state index contributed by atoms with van der Waals surface area (Å²) in [4.78, 5) is 35.8. The van der Waals surface area contributed by atoms with Crippen molar-refractivity contribution >= 4 is 17.5 Å². The van der Waals surface area contributed by atoms with Crippen molar-refractivity contribution in [3.05, 3.63) is 53.6 Å². The van der Waals surface area contributed by atoms with E-state index >= 15 is 0 Å². The molecule has 1 aliphatic heterocycles. The van der Waals surface area contributed by atoms with Gasteiger partial charge in [0.25, 0.3) is 0 Å². The van der Waals surface area contributed by atoms with Crippen LogP contribution in [0.25, 0.3) is 0 Å². The van der Waals surface area contributed by atoms with Gasteiger partial charge in [-0.3, -0.25) is 19.6 Å². The highest BCUT2D eigenvalue weighted by atomic mass is 16.2. The van der Waals surface area contributed by atoms with Crippen LogP contribution in [0, 0.1) is 25.7 Å². The van der Waals surface area contributed by atoms with Gasteiger partial charge in [0.2, 0.25) is 11.8 Å². The van der Waals surface area contributed by atoms with Crippen LogP contribution in [0.15, 0.2) is 36.7 Å². The molecule has 2 aromatic heterocycles. The van der Waals surface area contributed by atoms with Crippen molar-refractivity contribution < 1.29 is 9.59 Å². The van der Waals surface area contributed by atoms with Crippen molar-refractivity contribution in [2.24, 2.45) is 11.8 Å². The molecule has 148 valence electrons. The van der Waals surface area contributed by atoms with E-state index in [2.05, 4.69) is 20.6 Å². The first-order valence-corrected chi connectivity index (χ1v) is 9.53. The lowest BCUT2D eigenvalue weighted by Gasteiger charge is -2.31. The summed E-state index contributed by atoms with van der Waals surface area (Å²) in [6.45, 7) is 5.51. The fourth-order valence-electron chi connectivity index (χ4n) is 3.41. The molecule has 2 amide bonds. The summed E-state index contributed by atoms with van der Waals surface area (Å²) in [6, 6.07) is 7.57. The third kappa shape index (κ3) is 4.92. The number of nitrogens with one attached hydrogen (secondary N) is 2. The molecule has 28 heavy (non-hydrogen) atoms. The minimum absolute atomic E-state index is 0.0343. The Morgan fingerprint density at radius 3 is 2.68 bits per heavy atom. The maximum atomic E-state index is 12.9. The quantitative estimate of drug-likeness (QED) is 0.826. The highest BCUT2D eigenvalue weighted by Crippen LogP contribution is 2.21. The van der Waals surface area contributed by atoms with Crippen molar-refractivity contribution in [1.82, 2.24) is 20.2 Å². The number of piperidine rings is 1. The maximum absolute atomic E-state index is 12.9. The van der Waals surface area contributed by atoms with Gasteiger partial charge in [0.15, 0.2) is 0 Å². The molecular weight excluding hydrogens is 354 g/mol. The van der Waals surface area contributed by atoms with Crippen molar-refractivity contribution in [3.8, 4) is 0 Å². The zero-order valence-electron chi connectivity index (χ0n) is 16.6. The maximum Gasteiger partial charge on any atom is 0.228 e. The molecule has 0 aliphatic carbocycles. The predicted octanol–water partition coefficient (Wildman–Crippen LogP) is 1.92. The lowest BCUT2D eigenvalue weighted by Crippen LogP contribution is -2.47. The fraction of sp³-hybridized carbons (Fsp3) is 0.429. The molecule has 0 aromatic carbocycles. The van der Waals surface area contributed by atoms with E-state index in [9.17, 15) is 9.59 Å². The smallest absolute Gasteiger partial charge is 0.228 e. The highest BCUT2D eigenvalue weighted by molar-refractivity contribution is 5.93. The van der Waals surface area contributed by atoms with E-state index in [0.29, 0.717) is 31.7 Å². The first-order valence-electron chi connectivity index (χ1n) is 9.53. The van der Waals surface area contributed by atoms with Gasteiger partial charge in [-0.25, -0.2) is 0 Å². The van der Waals surface area contributed by atoms with Crippen LogP contribution in [0.3, 0.4) is 0 Å². The van der Waals surface area contributed by atoms with Crippen LogP contribution in [0.4, 0.5) is 5.69 Å². The molecule has 0 spiro atoms. The topological polar surface area (TPSA) is 87.2 Å². The average molecular weight is 381 g/mol. The summed E-state index contributed by atoms with van der Waals surface area (Å²) in [7, 11) is 1.79. The molecule has 0 saturated carbocycles. The number of carbonyl (C=O) groups is 2. The minimum atomic E-state index is -0.256. The molecule has 2 atom stereocenters. The second kappa shape index (κ2) is 8.93. The number of hydrogen-bond donors (Lipinski definition) is 2. The zero-order chi connectivity index (χ0) is 20.1. The molecule has 1 saturated heterocycles. The molecule has 1 fully saturated rings. The number of amides is 2. The van der Waals surface area contributed by atoms with E-state index in [1.807, 2.05) is 38.1 Å². The van der Waals surface area contributed by atoms with E-state index in [-0.39, 0.29) is 23.7 Å². The van der Waals surface area contributed by atoms with Gasteiger partial charge in [0.1, 0.15) is 0 Å². The van der Waals surface area contributed by atoms with Gasteiger partial charge < -0.3 is 15.5 Å². The molecule has 2 N–H and O–H groups in total. The third-order valence-corrected chi connectivity index (χ3v) is 5.13. The number of anilines is 1. The van der Waals surface area contributed by atoms with Gasteiger partial charge in [-0.15, -0.1) is 0 Å². The Labute approximate surface area is 165 Å². The van der Waals surface area contributed by atoms with E-state index in [1.165, 1.54) is 0 Å². The van der Waals surface area contributed by atoms with Crippen LogP contribution < -0.4 is 10.6 Å². The molecule has 3 heterocycles. The second-order valence-corrected chi connectivity index (χ2v) is 7.43. The molecular formula is C21H27N5O2. The number of nitrogens with zero attached hydrogens (tertiary/aromatic N) is 3. The summed E-state index contributed by atoms with van der Waals surface area (Å²) in [5.41, 5.74) is 3.53. The third-order valence-electron chi connectivity index (χ3n) is 5.13. The number of pyridine rings is 2. The van der Waals surface area contributed by atoms with Crippen LogP contribution in [0.2, 0.25) is 0 Å². The highest BCUT2D eigenvalue weighted by Gasteiger charge is 2.32. The Bertz CT molecular complexity index is 837. The molecule has 2 aromatic rings. The summed E-state index contributed by atoms with van der Waals surface area (Å²) >= 11 is 0. The number of aryl methyl sites for hydroxylation is 2. The summed E-state index contributed by atoms with van der Waals surface area (Å²) in [6.07, 6.45) is 3.92. The predicted molar refractivity (Wildman–Crippen MR) is 108 cm³/mol. The Balaban J connectivity index is 1.58. The number of rotatable bonds is 5. The Morgan fingerprint density at radius 1 is 1.18 bits per heavy atom. The van der Waals surface area contributed by atoms with Crippen LogP contribution in [-0.4, -0.2) is 46.8 Å². The Kier molecular flexibility index (Phi) is 6.36. The lowest BCUT2D eigenvalue weighted by molar-refractivity contribution is -0.136. The molecule has 0 bridgehead atoms. The summed E-state index contributed by atoms with van der Waals surface area (Å²) in [5.74, 6) is -0.533. The first kappa shape index (κ1) is 19.9. The number of hydrogen-bond acceptors (Lipinski definition) is 5. The molecule has 1 aliphatic rings. The van der Waals surface area contributed by atoms with Crippen LogP contribution in [-0.2, 0) is 16.1 Å². The molecule has 0 unspecified atom stereocenters. The van der Waals surface area contributed by atoms with Gasteiger partial charge in [0, 0.05) is 32.0 Å². The molecule has 3 rings (SSSR count). The van der Waals surface area contributed by atoms with Crippen LogP contribution >= 0.6 is 0 Å². The molecule has 7 heteroatoms. The van der Waals surface area contributed by atoms with E-state index in [1.54, 1.807) is 24.3 Å². The lowest BCUT2D eigenvalue weighted by atomic mass is 9.88. The first-order chi connectivity index (χ1) is 13.4. The van der Waals surface area contributed by atoms with Gasteiger partial charge in [-0.1, -0.05) is 6.07 Å². The Hall–Kier alpha value is -2.80. The van der Waals surface area contributed by atoms with Crippen LogP contribution in [0.1, 0.15) is 23.4 Å². The van der Waals surface area contributed by atoms with Crippen molar-refractivity contribution in [1.29, 1.82) is 0 Å². The van der Waals surface area contributed by atoms with Gasteiger partial charge in [-0.05, 0) is 44.0 Å². The summed E-state index contributed by atoms with van der Waals surface area (Å²) in [5, 5.41) is 6.13. The van der Waals surface area contributed by atoms with Crippen molar-refractivity contribution in [2.45, 2.75) is 26.8 Å². The normalized spacial score (nSPS) is 19.1. The zero-order valence-corrected chi connectivity index (χ0v) is 16.6. The minimum Gasteiger partial charge on any atom is -0.340 e. The van der Waals surface area contributed by atoms with Crippen molar-refractivity contribution in [3.63, 3.8) is 0 Å². The van der Waals surface area contributed by atoms with Gasteiger partial charge in [0.05, 0.1) is 36.0 Å². The summed E-state index contributed by atoms with van der Waals surface area (Å²) < 4.78 is 0.